The predicted octanol–water partition coefficient (Wildman–Crippen LogP) is 3.40. The van der Waals surface area contributed by atoms with E-state index < -0.39 is 0 Å². The number of hydrogen-bond donors (Lipinski definition) is 0. The lowest BCUT2D eigenvalue weighted by atomic mass is 9.93. The van der Waals surface area contributed by atoms with Crippen LogP contribution in [-0.4, -0.2) is 12.6 Å². The van der Waals surface area contributed by atoms with Gasteiger partial charge in [-0.05, 0) is 37.5 Å². The zero-order chi connectivity index (χ0) is 11.3. The van der Waals surface area contributed by atoms with Crippen molar-refractivity contribution in [3.8, 4) is 0 Å². The van der Waals surface area contributed by atoms with Gasteiger partial charge in [0.05, 0.1) is 12.5 Å². The van der Waals surface area contributed by atoms with Gasteiger partial charge in [-0.25, -0.2) is 0 Å². The van der Waals surface area contributed by atoms with Crippen LogP contribution in [0.1, 0.15) is 52.9 Å². The molecule has 0 aliphatic heterocycles. The Hall–Kier alpha value is -0.530. The molecule has 2 heteroatoms. The van der Waals surface area contributed by atoms with Crippen molar-refractivity contribution in [2.45, 2.75) is 52.9 Å². The number of rotatable bonds is 5. The molecule has 0 bridgehead atoms. The molecule has 0 heterocycles. The first-order chi connectivity index (χ1) is 7.15. The highest BCUT2D eigenvalue weighted by molar-refractivity contribution is 5.72. The molecule has 0 aromatic carbocycles. The van der Waals surface area contributed by atoms with E-state index in [0.717, 1.165) is 31.6 Å². The maximum absolute atomic E-state index is 11.7. The van der Waals surface area contributed by atoms with Crippen LogP contribution in [-0.2, 0) is 9.53 Å². The van der Waals surface area contributed by atoms with Crippen molar-refractivity contribution < 1.29 is 9.53 Å². The van der Waals surface area contributed by atoms with Gasteiger partial charge in [-0.2, -0.15) is 0 Å². The van der Waals surface area contributed by atoms with Crippen LogP contribution in [0, 0.1) is 17.8 Å². The van der Waals surface area contributed by atoms with E-state index in [2.05, 4.69) is 20.8 Å². The van der Waals surface area contributed by atoms with Crippen LogP contribution in [0.15, 0.2) is 0 Å². The van der Waals surface area contributed by atoms with Gasteiger partial charge in [-0.1, -0.05) is 27.2 Å². The average molecular weight is 212 g/mol. The molecule has 0 amide bonds. The fraction of sp³-hybridized carbons (Fsp3) is 0.923. The van der Waals surface area contributed by atoms with Crippen LogP contribution >= 0.6 is 0 Å². The van der Waals surface area contributed by atoms with Crippen LogP contribution in [0.25, 0.3) is 0 Å². The Morgan fingerprint density at radius 1 is 1.40 bits per heavy atom. The minimum absolute atomic E-state index is 0.0478. The van der Waals surface area contributed by atoms with E-state index in [4.69, 9.17) is 4.74 Å². The Morgan fingerprint density at radius 2 is 2.13 bits per heavy atom. The van der Waals surface area contributed by atoms with E-state index in [9.17, 15) is 4.79 Å². The summed E-state index contributed by atoms with van der Waals surface area (Å²) in [5.41, 5.74) is 0. The molecule has 1 aliphatic rings. The Labute approximate surface area is 93.4 Å². The van der Waals surface area contributed by atoms with E-state index in [1.54, 1.807) is 0 Å². The Bertz CT molecular complexity index is 199. The molecular weight excluding hydrogens is 188 g/mol. The topological polar surface area (TPSA) is 26.3 Å². The first-order valence-electron chi connectivity index (χ1n) is 6.31. The lowest BCUT2D eigenvalue weighted by Gasteiger charge is -2.14. The molecule has 1 fully saturated rings. The molecule has 0 spiro atoms. The number of carbonyl (C=O) groups excluding carboxylic acids is 1. The van der Waals surface area contributed by atoms with Gasteiger partial charge in [0.25, 0.3) is 0 Å². The van der Waals surface area contributed by atoms with Crippen molar-refractivity contribution in [2.24, 2.45) is 17.8 Å². The van der Waals surface area contributed by atoms with Crippen molar-refractivity contribution in [2.75, 3.05) is 6.61 Å². The molecule has 0 saturated heterocycles. The standard InChI is InChI=1S/C13H24O2/c1-4-5-8-15-13(14)12-7-6-11(9-12)10(2)3/h10-12H,4-9H2,1-3H3. The van der Waals surface area contributed by atoms with E-state index in [0.29, 0.717) is 12.5 Å². The maximum Gasteiger partial charge on any atom is 0.308 e. The Morgan fingerprint density at radius 3 is 2.67 bits per heavy atom. The molecule has 15 heavy (non-hydrogen) atoms. The number of ether oxygens (including phenoxy) is 1. The van der Waals surface area contributed by atoms with Crippen LogP contribution in [0.2, 0.25) is 0 Å². The maximum atomic E-state index is 11.7. The molecule has 88 valence electrons. The normalized spacial score (nSPS) is 25.9. The third-order valence-corrected chi connectivity index (χ3v) is 3.49. The van der Waals surface area contributed by atoms with Gasteiger partial charge >= 0.3 is 5.97 Å². The molecule has 0 N–H and O–H groups in total. The van der Waals surface area contributed by atoms with E-state index >= 15 is 0 Å². The summed E-state index contributed by atoms with van der Waals surface area (Å²) in [4.78, 5) is 11.7. The van der Waals surface area contributed by atoms with Crippen LogP contribution in [0.4, 0.5) is 0 Å². The zero-order valence-corrected chi connectivity index (χ0v) is 10.3. The molecule has 2 nitrogen and oxygen atoms in total. The molecule has 1 aliphatic carbocycles. The molecule has 2 atom stereocenters. The lowest BCUT2D eigenvalue weighted by molar-refractivity contribution is -0.148. The highest BCUT2D eigenvalue weighted by Gasteiger charge is 2.32. The second-order valence-corrected chi connectivity index (χ2v) is 5.04. The molecule has 0 radical (unpaired) electrons. The highest BCUT2D eigenvalue weighted by atomic mass is 16.5. The van der Waals surface area contributed by atoms with Gasteiger partial charge in [-0.15, -0.1) is 0 Å². The van der Waals surface area contributed by atoms with Crippen molar-refractivity contribution in [1.29, 1.82) is 0 Å². The van der Waals surface area contributed by atoms with Gasteiger partial charge in [0.1, 0.15) is 0 Å². The second kappa shape index (κ2) is 6.14. The summed E-state index contributed by atoms with van der Waals surface area (Å²) in [6.07, 6.45) is 5.36. The van der Waals surface area contributed by atoms with Gasteiger partial charge < -0.3 is 4.74 Å². The number of carbonyl (C=O) groups is 1. The first-order valence-corrected chi connectivity index (χ1v) is 6.31. The van der Waals surface area contributed by atoms with Crippen molar-refractivity contribution in [3.05, 3.63) is 0 Å². The molecule has 0 aromatic rings. The Balaban J connectivity index is 2.24. The molecule has 2 unspecified atom stereocenters. The molecule has 1 rings (SSSR count). The molecule has 0 aromatic heterocycles. The minimum Gasteiger partial charge on any atom is -0.465 e. The summed E-state index contributed by atoms with van der Waals surface area (Å²) in [5.74, 6) is 1.67. The monoisotopic (exact) mass is 212 g/mol. The smallest absolute Gasteiger partial charge is 0.308 e. The molecule has 1 saturated carbocycles. The third kappa shape index (κ3) is 3.84. The lowest BCUT2D eigenvalue weighted by Crippen LogP contribution is -2.16. The first kappa shape index (κ1) is 12.5. The average Bonchev–Trinajstić information content (AvgIpc) is 2.66. The van der Waals surface area contributed by atoms with Crippen LogP contribution in [0.3, 0.4) is 0 Å². The van der Waals surface area contributed by atoms with Crippen molar-refractivity contribution in [1.82, 2.24) is 0 Å². The summed E-state index contributed by atoms with van der Waals surface area (Å²) >= 11 is 0. The van der Waals surface area contributed by atoms with Gasteiger partial charge in [0, 0.05) is 0 Å². The highest BCUT2D eigenvalue weighted by Crippen LogP contribution is 2.36. The predicted molar refractivity (Wildman–Crippen MR) is 61.5 cm³/mol. The number of esters is 1. The van der Waals surface area contributed by atoms with E-state index in [-0.39, 0.29) is 11.9 Å². The summed E-state index contributed by atoms with van der Waals surface area (Å²) in [6.45, 7) is 7.21. The second-order valence-electron chi connectivity index (χ2n) is 5.04. The van der Waals surface area contributed by atoms with Crippen LogP contribution < -0.4 is 0 Å². The Kier molecular flexibility index (Phi) is 5.13. The fourth-order valence-corrected chi connectivity index (χ4v) is 2.27. The quantitative estimate of drug-likeness (QED) is 0.515. The van der Waals surface area contributed by atoms with E-state index in [1.165, 1.54) is 6.42 Å². The van der Waals surface area contributed by atoms with Gasteiger partial charge in [0.15, 0.2) is 0 Å². The third-order valence-electron chi connectivity index (χ3n) is 3.49. The summed E-state index contributed by atoms with van der Waals surface area (Å²) in [5, 5.41) is 0. The SMILES string of the molecule is CCCCOC(=O)C1CCC(C(C)C)C1. The van der Waals surface area contributed by atoms with Crippen molar-refractivity contribution in [3.63, 3.8) is 0 Å². The number of hydrogen-bond acceptors (Lipinski definition) is 2. The van der Waals surface area contributed by atoms with E-state index in [1.807, 2.05) is 0 Å². The summed E-state index contributed by atoms with van der Waals surface area (Å²) in [7, 11) is 0. The van der Waals surface area contributed by atoms with Gasteiger partial charge in [0.2, 0.25) is 0 Å². The molecular formula is C13H24O2. The summed E-state index contributed by atoms with van der Waals surface area (Å²) in [6, 6.07) is 0. The minimum atomic E-state index is 0.0478. The number of unbranched alkanes of at least 4 members (excludes halogenated alkanes) is 1. The van der Waals surface area contributed by atoms with Crippen LogP contribution in [0.5, 0.6) is 0 Å². The largest absolute Gasteiger partial charge is 0.465 e. The van der Waals surface area contributed by atoms with Crippen molar-refractivity contribution >= 4 is 5.97 Å². The summed E-state index contributed by atoms with van der Waals surface area (Å²) < 4.78 is 5.26. The fourth-order valence-electron chi connectivity index (χ4n) is 2.27. The zero-order valence-electron chi connectivity index (χ0n) is 10.3. The van der Waals surface area contributed by atoms with Gasteiger partial charge in [-0.3, -0.25) is 4.79 Å².